The van der Waals surface area contributed by atoms with Crippen molar-refractivity contribution in [2.24, 2.45) is 5.92 Å². The summed E-state index contributed by atoms with van der Waals surface area (Å²) in [6, 6.07) is 14.3. The van der Waals surface area contributed by atoms with Gasteiger partial charge in [-0.05, 0) is 37.1 Å². The fourth-order valence-electron chi connectivity index (χ4n) is 4.62. The summed E-state index contributed by atoms with van der Waals surface area (Å²) >= 11 is 0. The van der Waals surface area contributed by atoms with E-state index in [1.165, 1.54) is 5.56 Å². The minimum Gasteiger partial charge on any atom is -0.378 e. The van der Waals surface area contributed by atoms with Crippen LogP contribution in [0.25, 0.3) is 0 Å². The molecule has 0 aliphatic carbocycles. The van der Waals surface area contributed by atoms with Crippen LogP contribution in [0.4, 0.5) is 11.4 Å². The molecule has 164 valence electrons. The topological polar surface area (TPSA) is 53.1 Å². The van der Waals surface area contributed by atoms with Crippen molar-refractivity contribution in [1.29, 1.82) is 0 Å². The van der Waals surface area contributed by atoms with Crippen LogP contribution in [0.2, 0.25) is 0 Å². The van der Waals surface area contributed by atoms with Gasteiger partial charge in [-0.25, -0.2) is 0 Å². The number of aryl methyl sites for hydroxylation is 2. The van der Waals surface area contributed by atoms with Gasteiger partial charge in [-0.3, -0.25) is 9.59 Å². The summed E-state index contributed by atoms with van der Waals surface area (Å²) in [7, 11) is 1.84. The summed E-state index contributed by atoms with van der Waals surface area (Å²) < 4.78 is 5.48. The lowest BCUT2D eigenvalue weighted by molar-refractivity contribution is -0.135. The Hall–Kier alpha value is -2.86. The molecule has 0 radical (unpaired) electrons. The van der Waals surface area contributed by atoms with E-state index in [1.54, 1.807) is 9.80 Å². The van der Waals surface area contributed by atoms with Gasteiger partial charge < -0.3 is 19.4 Å². The molecule has 0 spiro atoms. The molecule has 0 saturated carbocycles. The number of amides is 2. The number of hydrogen-bond donors (Lipinski definition) is 0. The molecule has 2 aromatic carbocycles. The monoisotopic (exact) mass is 421 g/mol. The molecule has 2 aromatic rings. The summed E-state index contributed by atoms with van der Waals surface area (Å²) in [6.45, 7) is 8.19. The molecular weight excluding hydrogens is 390 g/mol. The lowest BCUT2D eigenvalue weighted by atomic mass is 10.1. The van der Waals surface area contributed by atoms with Crippen LogP contribution in [0.1, 0.15) is 23.1 Å². The van der Waals surface area contributed by atoms with Crippen molar-refractivity contribution in [3.05, 3.63) is 59.2 Å². The Morgan fingerprint density at radius 2 is 1.84 bits per heavy atom. The second-order valence-electron chi connectivity index (χ2n) is 8.62. The lowest BCUT2D eigenvalue weighted by Crippen LogP contribution is -2.38. The number of ether oxygens (including phenoxy) is 1. The number of hydrogen-bond acceptors (Lipinski definition) is 4. The third-order valence-corrected chi connectivity index (χ3v) is 6.24. The second-order valence-corrected chi connectivity index (χ2v) is 8.62. The third-order valence-electron chi connectivity index (χ3n) is 6.24. The zero-order valence-electron chi connectivity index (χ0n) is 18.6. The predicted octanol–water partition coefficient (Wildman–Crippen LogP) is 3.15. The van der Waals surface area contributed by atoms with Gasteiger partial charge in [0.25, 0.3) is 0 Å². The molecule has 2 heterocycles. The van der Waals surface area contributed by atoms with Crippen molar-refractivity contribution < 1.29 is 14.3 Å². The third kappa shape index (κ3) is 4.59. The average molecular weight is 422 g/mol. The Balaban J connectivity index is 1.45. The Morgan fingerprint density at radius 1 is 1.10 bits per heavy atom. The molecule has 6 heteroatoms. The molecule has 2 fully saturated rings. The fourth-order valence-corrected chi connectivity index (χ4v) is 4.62. The van der Waals surface area contributed by atoms with Crippen molar-refractivity contribution in [2.45, 2.75) is 26.8 Å². The molecule has 0 aromatic heterocycles. The van der Waals surface area contributed by atoms with Gasteiger partial charge in [-0.1, -0.05) is 35.9 Å². The SMILES string of the molecule is Cc1ccc(N2C[C@H](C(=O)N(C)Cc3ccccc3N3CCOCC3)CC2=O)c(C)c1. The van der Waals surface area contributed by atoms with Crippen molar-refractivity contribution in [3.8, 4) is 0 Å². The van der Waals surface area contributed by atoms with E-state index in [2.05, 4.69) is 23.1 Å². The van der Waals surface area contributed by atoms with Crippen molar-refractivity contribution in [1.82, 2.24) is 4.90 Å². The number of carbonyl (C=O) groups is 2. The summed E-state index contributed by atoms with van der Waals surface area (Å²) in [4.78, 5) is 31.8. The normalized spacial score (nSPS) is 19.1. The highest BCUT2D eigenvalue weighted by Crippen LogP contribution is 2.30. The minimum absolute atomic E-state index is 0.0208. The maximum absolute atomic E-state index is 13.2. The maximum Gasteiger partial charge on any atom is 0.228 e. The first kappa shape index (κ1) is 21.4. The molecule has 0 bridgehead atoms. The fraction of sp³-hybridized carbons (Fsp3) is 0.440. The number of anilines is 2. The summed E-state index contributed by atoms with van der Waals surface area (Å²) in [5, 5.41) is 0. The molecule has 31 heavy (non-hydrogen) atoms. The zero-order chi connectivity index (χ0) is 22.0. The molecule has 6 nitrogen and oxygen atoms in total. The van der Waals surface area contributed by atoms with Crippen LogP contribution in [-0.4, -0.2) is 56.6 Å². The smallest absolute Gasteiger partial charge is 0.228 e. The van der Waals surface area contributed by atoms with Crippen molar-refractivity contribution in [3.63, 3.8) is 0 Å². The van der Waals surface area contributed by atoms with E-state index in [4.69, 9.17) is 4.74 Å². The highest BCUT2D eigenvalue weighted by atomic mass is 16.5. The zero-order valence-corrected chi connectivity index (χ0v) is 18.6. The number of carbonyl (C=O) groups excluding carboxylic acids is 2. The van der Waals surface area contributed by atoms with Crippen LogP contribution in [0.3, 0.4) is 0 Å². The minimum atomic E-state index is -0.311. The first-order valence-electron chi connectivity index (χ1n) is 11.0. The van der Waals surface area contributed by atoms with Crippen LogP contribution in [0.5, 0.6) is 0 Å². The average Bonchev–Trinajstić information content (AvgIpc) is 3.15. The van der Waals surface area contributed by atoms with Crippen molar-refractivity contribution in [2.75, 3.05) is 49.7 Å². The van der Waals surface area contributed by atoms with E-state index in [9.17, 15) is 9.59 Å². The van der Waals surface area contributed by atoms with Gasteiger partial charge in [0.05, 0.1) is 19.1 Å². The van der Waals surface area contributed by atoms with Gasteiger partial charge in [-0.15, -0.1) is 0 Å². The quantitative estimate of drug-likeness (QED) is 0.744. The molecular formula is C25H31N3O3. The largest absolute Gasteiger partial charge is 0.378 e. The van der Waals surface area contributed by atoms with Crippen LogP contribution in [0.15, 0.2) is 42.5 Å². The standard InChI is InChI=1S/C25H31N3O3/c1-18-8-9-22(19(2)14-18)28-17-21(15-24(28)29)25(30)26(3)16-20-6-4-5-7-23(20)27-10-12-31-13-11-27/h4-9,14,21H,10-13,15-17H2,1-3H3/t21-/m1/s1. The number of nitrogens with zero attached hydrogens (tertiary/aromatic N) is 3. The number of morpholine rings is 1. The molecule has 2 aliphatic rings. The first-order valence-corrected chi connectivity index (χ1v) is 11.0. The Bertz CT molecular complexity index is 968. The molecule has 2 amide bonds. The summed E-state index contributed by atoms with van der Waals surface area (Å²) in [5.41, 5.74) is 5.42. The Labute approximate surface area is 184 Å². The van der Waals surface area contributed by atoms with Crippen LogP contribution in [-0.2, 0) is 20.9 Å². The number of rotatable bonds is 5. The van der Waals surface area contributed by atoms with E-state index in [-0.39, 0.29) is 24.2 Å². The van der Waals surface area contributed by atoms with Gasteiger partial charge in [0.15, 0.2) is 0 Å². The lowest BCUT2D eigenvalue weighted by Gasteiger charge is -2.31. The molecule has 2 saturated heterocycles. The Kier molecular flexibility index (Phi) is 6.28. The molecule has 1 atom stereocenters. The Morgan fingerprint density at radius 3 is 2.58 bits per heavy atom. The van der Waals surface area contributed by atoms with Crippen molar-refractivity contribution >= 4 is 23.2 Å². The van der Waals surface area contributed by atoms with E-state index < -0.39 is 0 Å². The number of para-hydroxylation sites is 1. The number of benzene rings is 2. The first-order chi connectivity index (χ1) is 14.9. The molecule has 4 rings (SSSR count). The second kappa shape index (κ2) is 9.10. The van der Waals surface area contributed by atoms with Crippen LogP contribution < -0.4 is 9.80 Å². The van der Waals surface area contributed by atoms with E-state index in [0.717, 1.165) is 48.8 Å². The van der Waals surface area contributed by atoms with Gasteiger partial charge in [0, 0.05) is 51.0 Å². The van der Waals surface area contributed by atoms with Gasteiger partial charge in [0.1, 0.15) is 0 Å². The highest BCUT2D eigenvalue weighted by molar-refractivity contribution is 6.00. The van der Waals surface area contributed by atoms with E-state index in [1.807, 2.05) is 45.2 Å². The van der Waals surface area contributed by atoms with E-state index >= 15 is 0 Å². The molecule has 0 unspecified atom stereocenters. The molecule has 2 aliphatic heterocycles. The molecule has 0 N–H and O–H groups in total. The van der Waals surface area contributed by atoms with Gasteiger partial charge >= 0.3 is 0 Å². The predicted molar refractivity (Wildman–Crippen MR) is 122 cm³/mol. The highest BCUT2D eigenvalue weighted by Gasteiger charge is 2.37. The van der Waals surface area contributed by atoms with Gasteiger partial charge in [-0.2, -0.15) is 0 Å². The summed E-state index contributed by atoms with van der Waals surface area (Å²) in [5.74, 6) is -0.265. The summed E-state index contributed by atoms with van der Waals surface area (Å²) in [6.07, 6.45) is 0.265. The maximum atomic E-state index is 13.2. The van der Waals surface area contributed by atoms with E-state index in [0.29, 0.717) is 13.1 Å². The van der Waals surface area contributed by atoms with Gasteiger partial charge in [0.2, 0.25) is 11.8 Å². The van der Waals surface area contributed by atoms with Crippen LogP contribution >= 0.6 is 0 Å². The van der Waals surface area contributed by atoms with Crippen LogP contribution in [0, 0.1) is 19.8 Å².